The van der Waals surface area contributed by atoms with Crippen molar-refractivity contribution in [1.29, 1.82) is 0 Å². The molecule has 4 heteroatoms. The molecule has 1 aromatic carbocycles. The summed E-state index contributed by atoms with van der Waals surface area (Å²) in [4.78, 5) is 0. The Balaban J connectivity index is 2.59. The van der Waals surface area contributed by atoms with Crippen LogP contribution in [0.5, 0.6) is 0 Å². The molecule has 1 aliphatic heterocycles. The van der Waals surface area contributed by atoms with E-state index in [0.717, 1.165) is 11.1 Å². The van der Waals surface area contributed by atoms with Crippen LogP contribution in [-0.2, 0) is 19.2 Å². The second-order valence-electron chi connectivity index (χ2n) is 4.54. The van der Waals surface area contributed by atoms with Gasteiger partial charge in [-0.1, -0.05) is 17.7 Å². The zero-order valence-corrected chi connectivity index (χ0v) is 11.0. The van der Waals surface area contributed by atoms with Gasteiger partial charge in [0.15, 0.2) is 0 Å². The standard InChI is InChI=1S/C12H17O3P/c1-5-14-16(13)11-7-6-9(2)8-10(11)12(3,4)15-16/h6-8H,5H2,1-4H3. The summed E-state index contributed by atoms with van der Waals surface area (Å²) in [7, 11) is -3.10. The van der Waals surface area contributed by atoms with Crippen molar-refractivity contribution in [3.05, 3.63) is 29.3 Å². The first-order valence-electron chi connectivity index (χ1n) is 5.46. The first-order chi connectivity index (χ1) is 7.39. The number of rotatable bonds is 2. The average molecular weight is 240 g/mol. The summed E-state index contributed by atoms with van der Waals surface area (Å²) < 4.78 is 23.5. The van der Waals surface area contributed by atoms with Crippen LogP contribution in [0.4, 0.5) is 0 Å². The van der Waals surface area contributed by atoms with Crippen LogP contribution in [0, 0.1) is 6.92 Å². The van der Waals surface area contributed by atoms with Crippen LogP contribution < -0.4 is 5.30 Å². The van der Waals surface area contributed by atoms with Crippen molar-refractivity contribution in [3.8, 4) is 0 Å². The molecule has 1 aromatic rings. The van der Waals surface area contributed by atoms with E-state index in [-0.39, 0.29) is 0 Å². The third-order valence-electron chi connectivity index (χ3n) is 2.74. The van der Waals surface area contributed by atoms with Crippen LogP contribution in [-0.4, -0.2) is 6.61 Å². The molecule has 3 nitrogen and oxygen atoms in total. The quantitative estimate of drug-likeness (QED) is 0.745. The largest absolute Gasteiger partial charge is 0.362 e. The number of hydrogen-bond donors (Lipinski definition) is 0. The van der Waals surface area contributed by atoms with E-state index in [1.54, 1.807) is 0 Å². The van der Waals surface area contributed by atoms with Crippen LogP contribution in [0.2, 0.25) is 0 Å². The van der Waals surface area contributed by atoms with Gasteiger partial charge in [-0.2, -0.15) is 0 Å². The Morgan fingerprint density at radius 3 is 2.75 bits per heavy atom. The van der Waals surface area contributed by atoms with Crippen molar-refractivity contribution in [2.75, 3.05) is 6.61 Å². The van der Waals surface area contributed by atoms with E-state index >= 15 is 0 Å². The van der Waals surface area contributed by atoms with Gasteiger partial charge in [0, 0.05) is 0 Å². The Kier molecular flexibility index (Phi) is 2.73. The summed E-state index contributed by atoms with van der Waals surface area (Å²) in [6.45, 7) is 8.07. The maximum Gasteiger partial charge on any atom is 0.362 e. The molecule has 16 heavy (non-hydrogen) atoms. The van der Waals surface area contributed by atoms with E-state index in [4.69, 9.17) is 9.05 Å². The van der Waals surface area contributed by atoms with Gasteiger partial charge in [-0.15, -0.1) is 0 Å². The van der Waals surface area contributed by atoms with E-state index in [9.17, 15) is 4.57 Å². The van der Waals surface area contributed by atoms with Gasteiger partial charge < -0.3 is 4.52 Å². The summed E-state index contributed by atoms with van der Waals surface area (Å²) in [6, 6.07) is 5.82. The minimum Gasteiger partial charge on any atom is -0.305 e. The van der Waals surface area contributed by atoms with E-state index in [1.807, 2.05) is 45.9 Å². The van der Waals surface area contributed by atoms with Crippen LogP contribution in [0.1, 0.15) is 31.9 Å². The van der Waals surface area contributed by atoms with E-state index < -0.39 is 13.2 Å². The van der Waals surface area contributed by atoms with Gasteiger partial charge in [0.05, 0.1) is 17.5 Å². The average Bonchev–Trinajstić information content (AvgIpc) is 2.34. The maximum absolute atomic E-state index is 12.5. The molecular formula is C12H17O3P. The molecule has 0 aromatic heterocycles. The minimum atomic E-state index is -3.10. The van der Waals surface area contributed by atoms with Gasteiger partial charge in [-0.05, 0) is 39.3 Å². The molecule has 2 rings (SSSR count). The van der Waals surface area contributed by atoms with E-state index in [0.29, 0.717) is 11.9 Å². The maximum atomic E-state index is 12.5. The van der Waals surface area contributed by atoms with Crippen LogP contribution in [0.3, 0.4) is 0 Å². The molecule has 1 heterocycles. The van der Waals surface area contributed by atoms with Crippen LogP contribution in [0.25, 0.3) is 0 Å². The smallest absolute Gasteiger partial charge is 0.305 e. The van der Waals surface area contributed by atoms with Gasteiger partial charge in [0.25, 0.3) is 0 Å². The molecule has 1 unspecified atom stereocenters. The highest BCUT2D eigenvalue weighted by atomic mass is 31.2. The van der Waals surface area contributed by atoms with Crippen molar-refractivity contribution in [2.24, 2.45) is 0 Å². The van der Waals surface area contributed by atoms with Gasteiger partial charge in [-0.3, -0.25) is 9.09 Å². The highest BCUT2D eigenvalue weighted by molar-refractivity contribution is 7.62. The highest BCUT2D eigenvalue weighted by Gasteiger charge is 2.46. The number of aryl methyl sites for hydroxylation is 1. The molecule has 1 atom stereocenters. The summed E-state index contributed by atoms with van der Waals surface area (Å²) in [6.07, 6.45) is 0. The van der Waals surface area contributed by atoms with Gasteiger partial charge in [-0.25, -0.2) is 0 Å². The van der Waals surface area contributed by atoms with Crippen molar-refractivity contribution in [2.45, 2.75) is 33.3 Å². The molecule has 1 aliphatic rings. The predicted molar refractivity (Wildman–Crippen MR) is 64.2 cm³/mol. The molecule has 0 saturated carbocycles. The Labute approximate surface area is 96.3 Å². The second-order valence-corrected chi connectivity index (χ2v) is 6.45. The lowest BCUT2D eigenvalue weighted by atomic mass is 9.97. The molecule has 88 valence electrons. The van der Waals surface area contributed by atoms with Gasteiger partial charge in [0.1, 0.15) is 0 Å². The molecule has 0 N–H and O–H groups in total. The highest BCUT2D eigenvalue weighted by Crippen LogP contribution is 2.59. The molecule has 0 bridgehead atoms. The molecule has 0 aliphatic carbocycles. The topological polar surface area (TPSA) is 35.5 Å². The normalized spacial score (nSPS) is 26.8. The minimum absolute atomic E-state index is 0.390. The fraction of sp³-hybridized carbons (Fsp3) is 0.500. The van der Waals surface area contributed by atoms with E-state index in [1.165, 1.54) is 0 Å². The first-order valence-corrected chi connectivity index (χ1v) is 7.00. The van der Waals surface area contributed by atoms with Crippen molar-refractivity contribution >= 4 is 12.9 Å². The zero-order chi connectivity index (χ0) is 12.0. The van der Waals surface area contributed by atoms with Crippen molar-refractivity contribution < 1.29 is 13.6 Å². The summed E-state index contributed by atoms with van der Waals surface area (Å²) >= 11 is 0. The Hall–Kier alpha value is -0.630. The zero-order valence-electron chi connectivity index (χ0n) is 10.1. The Morgan fingerprint density at radius 2 is 2.12 bits per heavy atom. The summed E-state index contributed by atoms with van der Waals surface area (Å²) in [5.74, 6) is 0. The summed E-state index contributed by atoms with van der Waals surface area (Å²) in [5, 5.41) is 0.713. The summed E-state index contributed by atoms with van der Waals surface area (Å²) in [5.41, 5.74) is 1.58. The molecule has 0 fully saturated rings. The number of benzene rings is 1. The molecule has 0 radical (unpaired) electrons. The fourth-order valence-electron chi connectivity index (χ4n) is 2.04. The van der Waals surface area contributed by atoms with Gasteiger partial charge in [0.2, 0.25) is 0 Å². The molecule has 0 saturated heterocycles. The Bertz CT molecular complexity index is 465. The number of hydrogen-bond acceptors (Lipinski definition) is 3. The Morgan fingerprint density at radius 1 is 1.44 bits per heavy atom. The SMILES string of the molecule is CCOP1(=O)OC(C)(C)c2cc(C)ccc21. The van der Waals surface area contributed by atoms with Crippen molar-refractivity contribution in [3.63, 3.8) is 0 Å². The lowest BCUT2D eigenvalue weighted by Gasteiger charge is -2.19. The first kappa shape index (κ1) is 11.8. The van der Waals surface area contributed by atoms with Crippen LogP contribution >= 0.6 is 7.60 Å². The third kappa shape index (κ3) is 1.73. The molecule has 0 amide bonds. The van der Waals surface area contributed by atoms with Crippen molar-refractivity contribution in [1.82, 2.24) is 0 Å². The molecule has 0 spiro atoms. The van der Waals surface area contributed by atoms with E-state index in [2.05, 4.69) is 0 Å². The number of fused-ring (bicyclic) bond motifs is 1. The third-order valence-corrected chi connectivity index (χ3v) is 5.02. The predicted octanol–water partition coefficient (Wildman–Crippen LogP) is 3.12. The molecular weight excluding hydrogens is 223 g/mol. The lowest BCUT2D eigenvalue weighted by Crippen LogP contribution is -2.16. The lowest BCUT2D eigenvalue weighted by molar-refractivity contribution is 0.0967. The van der Waals surface area contributed by atoms with Crippen LogP contribution in [0.15, 0.2) is 18.2 Å². The monoisotopic (exact) mass is 240 g/mol. The second kappa shape index (κ2) is 3.69. The van der Waals surface area contributed by atoms with Gasteiger partial charge >= 0.3 is 7.60 Å². The fourth-order valence-corrected chi connectivity index (χ4v) is 4.25.